The lowest BCUT2D eigenvalue weighted by molar-refractivity contribution is 0.0940. The van der Waals surface area contributed by atoms with E-state index in [1.807, 2.05) is 43.5 Å². The minimum absolute atomic E-state index is 0.180. The molecule has 1 amide bonds. The lowest BCUT2D eigenvalue weighted by Gasteiger charge is -2.13. The van der Waals surface area contributed by atoms with E-state index in [0.717, 1.165) is 22.5 Å². The molecule has 0 bridgehead atoms. The summed E-state index contributed by atoms with van der Waals surface area (Å²) in [4.78, 5) is 17.1. The molecule has 0 saturated carbocycles. The van der Waals surface area contributed by atoms with Gasteiger partial charge in [0.1, 0.15) is 11.5 Å². The fourth-order valence-corrected chi connectivity index (χ4v) is 3.07. The first-order valence-electron chi connectivity index (χ1n) is 8.57. The van der Waals surface area contributed by atoms with Crippen molar-refractivity contribution in [2.24, 2.45) is 0 Å². The van der Waals surface area contributed by atoms with Crippen LogP contribution in [0.15, 0.2) is 48.7 Å². The number of nitrogens with zero attached hydrogens (tertiary/aromatic N) is 2. The molecule has 1 aromatic carbocycles. The van der Waals surface area contributed by atoms with Gasteiger partial charge in [-0.25, -0.2) is 4.39 Å². The summed E-state index contributed by atoms with van der Waals surface area (Å²) in [7, 11) is 0. The fraction of sp³-hybridized carbons (Fsp3) is 0.238. The van der Waals surface area contributed by atoms with Crippen molar-refractivity contribution in [1.82, 2.24) is 14.9 Å². The Morgan fingerprint density at radius 3 is 2.50 bits per heavy atom. The maximum atomic E-state index is 14.1. The van der Waals surface area contributed by atoms with Gasteiger partial charge in [0.15, 0.2) is 0 Å². The van der Waals surface area contributed by atoms with Gasteiger partial charge in [-0.05, 0) is 50.1 Å². The molecule has 5 heteroatoms. The Labute approximate surface area is 152 Å². The standard InChI is InChI=1S/C21H22FN3O/c1-14-15(2)20(21(26)24-12-18-9-6-7-11-23-18)25(16(14)3)13-17-8-4-5-10-19(17)22/h4-11H,12-13H2,1-3H3,(H,24,26). The highest BCUT2D eigenvalue weighted by Crippen LogP contribution is 2.23. The van der Waals surface area contributed by atoms with Crippen LogP contribution in [0.5, 0.6) is 0 Å². The highest BCUT2D eigenvalue weighted by Gasteiger charge is 2.21. The van der Waals surface area contributed by atoms with E-state index in [1.54, 1.807) is 24.4 Å². The molecular weight excluding hydrogens is 329 g/mol. The summed E-state index contributed by atoms with van der Waals surface area (Å²) < 4.78 is 16.0. The van der Waals surface area contributed by atoms with Crippen LogP contribution in [0.4, 0.5) is 4.39 Å². The zero-order valence-corrected chi connectivity index (χ0v) is 15.2. The van der Waals surface area contributed by atoms with Crippen molar-refractivity contribution in [1.29, 1.82) is 0 Å². The van der Waals surface area contributed by atoms with Gasteiger partial charge in [-0.15, -0.1) is 0 Å². The van der Waals surface area contributed by atoms with Gasteiger partial charge in [0.25, 0.3) is 5.91 Å². The fourth-order valence-electron chi connectivity index (χ4n) is 3.07. The van der Waals surface area contributed by atoms with Gasteiger partial charge in [0.05, 0.1) is 18.8 Å². The molecular formula is C21H22FN3O. The van der Waals surface area contributed by atoms with Gasteiger partial charge in [-0.1, -0.05) is 24.3 Å². The predicted octanol–water partition coefficient (Wildman–Crippen LogP) is 3.93. The molecule has 0 aliphatic rings. The minimum Gasteiger partial charge on any atom is -0.345 e. The van der Waals surface area contributed by atoms with Crippen molar-refractivity contribution in [3.8, 4) is 0 Å². The number of hydrogen-bond donors (Lipinski definition) is 1. The summed E-state index contributed by atoms with van der Waals surface area (Å²) in [5.41, 5.74) is 4.85. The number of carbonyl (C=O) groups is 1. The van der Waals surface area contributed by atoms with Gasteiger partial charge >= 0.3 is 0 Å². The van der Waals surface area contributed by atoms with Crippen LogP contribution in [0, 0.1) is 26.6 Å². The van der Waals surface area contributed by atoms with Gasteiger partial charge in [0, 0.05) is 17.5 Å². The third-order valence-corrected chi connectivity index (χ3v) is 4.79. The Morgan fingerprint density at radius 2 is 1.81 bits per heavy atom. The third-order valence-electron chi connectivity index (χ3n) is 4.79. The van der Waals surface area contributed by atoms with E-state index in [-0.39, 0.29) is 11.7 Å². The summed E-state index contributed by atoms with van der Waals surface area (Å²) >= 11 is 0. The second kappa shape index (κ2) is 7.52. The molecule has 0 atom stereocenters. The first kappa shape index (κ1) is 17.9. The maximum absolute atomic E-state index is 14.1. The van der Waals surface area contributed by atoms with Crippen molar-refractivity contribution in [2.45, 2.75) is 33.9 Å². The maximum Gasteiger partial charge on any atom is 0.268 e. The molecule has 2 heterocycles. The van der Waals surface area contributed by atoms with Gasteiger partial charge in [-0.2, -0.15) is 0 Å². The molecule has 0 fully saturated rings. The van der Waals surface area contributed by atoms with E-state index < -0.39 is 0 Å². The number of nitrogens with one attached hydrogen (secondary N) is 1. The third kappa shape index (κ3) is 3.52. The highest BCUT2D eigenvalue weighted by molar-refractivity contribution is 5.94. The largest absolute Gasteiger partial charge is 0.345 e. The van der Waals surface area contributed by atoms with E-state index in [0.29, 0.717) is 24.3 Å². The Balaban J connectivity index is 1.90. The summed E-state index contributed by atoms with van der Waals surface area (Å²) in [5.74, 6) is -0.448. The Hall–Kier alpha value is -2.95. The molecule has 3 aromatic rings. The molecule has 4 nitrogen and oxygen atoms in total. The zero-order chi connectivity index (χ0) is 18.7. The average molecular weight is 351 g/mol. The highest BCUT2D eigenvalue weighted by atomic mass is 19.1. The second-order valence-corrected chi connectivity index (χ2v) is 6.37. The molecule has 26 heavy (non-hydrogen) atoms. The van der Waals surface area contributed by atoms with Crippen LogP contribution in [0.2, 0.25) is 0 Å². The van der Waals surface area contributed by atoms with Gasteiger partial charge in [0.2, 0.25) is 0 Å². The van der Waals surface area contributed by atoms with Crippen molar-refractivity contribution >= 4 is 5.91 Å². The molecule has 134 valence electrons. The normalized spacial score (nSPS) is 10.8. The zero-order valence-electron chi connectivity index (χ0n) is 15.2. The summed E-state index contributed by atoms with van der Waals surface area (Å²) in [6, 6.07) is 12.2. The number of halogens is 1. The van der Waals surface area contributed by atoms with Crippen molar-refractivity contribution in [3.63, 3.8) is 0 Å². The van der Waals surface area contributed by atoms with Crippen LogP contribution >= 0.6 is 0 Å². The lowest BCUT2D eigenvalue weighted by Crippen LogP contribution is -2.27. The van der Waals surface area contributed by atoms with Crippen molar-refractivity contribution in [3.05, 3.63) is 88.3 Å². The predicted molar refractivity (Wildman–Crippen MR) is 99.6 cm³/mol. The van der Waals surface area contributed by atoms with E-state index in [2.05, 4.69) is 10.3 Å². The lowest BCUT2D eigenvalue weighted by atomic mass is 10.1. The number of hydrogen-bond acceptors (Lipinski definition) is 2. The molecule has 0 unspecified atom stereocenters. The number of aromatic nitrogens is 2. The quantitative estimate of drug-likeness (QED) is 0.757. The monoisotopic (exact) mass is 351 g/mol. The molecule has 0 aliphatic carbocycles. The first-order chi connectivity index (χ1) is 12.5. The van der Waals surface area contributed by atoms with Crippen LogP contribution in [0.3, 0.4) is 0 Å². The number of rotatable bonds is 5. The average Bonchev–Trinajstić information content (AvgIpc) is 2.86. The number of benzene rings is 1. The van der Waals surface area contributed by atoms with Gasteiger partial charge < -0.3 is 9.88 Å². The van der Waals surface area contributed by atoms with Crippen LogP contribution in [-0.2, 0) is 13.1 Å². The summed E-state index contributed by atoms with van der Waals surface area (Å²) in [6.07, 6.45) is 1.70. The molecule has 1 N–H and O–H groups in total. The van der Waals surface area contributed by atoms with Gasteiger partial charge in [-0.3, -0.25) is 9.78 Å². The smallest absolute Gasteiger partial charge is 0.268 e. The Bertz CT molecular complexity index is 932. The molecule has 2 aromatic heterocycles. The number of pyridine rings is 1. The molecule has 0 spiro atoms. The molecule has 3 rings (SSSR count). The van der Waals surface area contributed by atoms with Crippen LogP contribution in [0.1, 0.15) is 38.6 Å². The van der Waals surface area contributed by atoms with E-state index in [9.17, 15) is 9.18 Å². The summed E-state index contributed by atoms with van der Waals surface area (Å²) in [5, 5.41) is 2.92. The van der Waals surface area contributed by atoms with E-state index >= 15 is 0 Å². The van der Waals surface area contributed by atoms with Crippen molar-refractivity contribution < 1.29 is 9.18 Å². The molecule has 0 saturated heterocycles. The van der Waals surface area contributed by atoms with Crippen LogP contribution in [-0.4, -0.2) is 15.5 Å². The second-order valence-electron chi connectivity index (χ2n) is 6.37. The minimum atomic E-state index is -0.268. The Kier molecular flexibility index (Phi) is 5.16. The topological polar surface area (TPSA) is 46.9 Å². The SMILES string of the molecule is Cc1c(C)c(C(=O)NCc2ccccn2)n(Cc2ccccc2F)c1C. The van der Waals surface area contributed by atoms with E-state index in [1.165, 1.54) is 6.07 Å². The van der Waals surface area contributed by atoms with Crippen LogP contribution in [0.25, 0.3) is 0 Å². The van der Waals surface area contributed by atoms with E-state index in [4.69, 9.17) is 0 Å². The molecule has 0 aliphatic heterocycles. The first-order valence-corrected chi connectivity index (χ1v) is 8.57. The number of amides is 1. The van der Waals surface area contributed by atoms with Crippen molar-refractivity contribution in [2.75, 3.05) is 0 Å². The van der Waals surface area contributed by atoms with Crippen LogP contribution < -0.4 is 5.32 Å². The molecule has 0 radical (unpaired) electrons. The number of carbonyl (C=O) groups excluding carboxylic acids is 1. The summed E-state index contributed by atoms with van der Waals surface area (Å²) in [6.45, 7) is 6.54. The Morgan fingerprint density at radius 1 is 1.08 bits per heavy atom.